The predicted octanol–water partition coefficient (Wildman–Crippen LogP) is 5.92. The first-order valence-corrected chi connectivity index (χ1v) is 9.48. The highest BCUT2D eigenvalue weighted by molar-refractivity contribution is 6.31. The molecule has 1 N–H and O–H groups in total. The molecule has 0 fully saturated rings. The molecule has 0 spiro atoms. The lowest BCUT2D eigenvalue weighted by atomic mass is 10.1. The van der Waals surface area contributed by atoms with Crippen molar-refractivity contribution in [2.75, 3.05) is 7.11 Å². The number of hydrogen-bond acceptors (Lipinski definition) is 3. The van der Waals surface area contributed by atoms with Crippen molar-refractivity contribution in [3.63, 3.8) is 0 Å². The molecule has 0 aromatic heterocycles. The van der Waals surface area contributed by atoms with Crippen LogP contribution in [0.15, 0.2) is 66.7 Å². The molecule has 0 amide bonds. The molecule has 0 saturated heterocycles. The number of hydrogen-bond donors (Lipinski definition) is 1. The molecule has 0 saturated carbocycles. The Labute approximate surface area is 170 Å². The summed E-state index contributed by atoms with van der Waals surface area (Å²) in [7, 11) is 1.59. The fourth-order valence-electron chi connectivity index (χ4n) is 2.96. The van der Waals surface area contributed by atoms with Crippen molar-refractivity contribution >= 4 is 11.6 Å². The van der Waals surface area contributed by atoms with Gasteiger partial charge in [0.05, 0.1) is 12.1 Å². The van der Waals surface area contributed by atoms with Gasteiger partial charge in [-0.05, 0) is 30.7 Å². The summed E-state index contributed by atoms with van der Waals surface area (Å²) in [6.45, 7) is 2.70. The summed E-state index contributed by atoms with van der Waals surface area (Å²) < 4.78 is 25.5. The second-order valence-electron chi connectivity index (χ2n) is 6.45. The van der Waals surface area contributed by atoms with Crippen LogP contribution in [0.3, 0.4) is 0 Å². The summed E-state index contributed by atoms with van der Waals surface area (Å²) in [4.78, 5) is 0. The van der Waals surface area contributed by atoms with Crippen molar-refractivity contribution in [1.82, 2.24) is 5.32 Å². The Bertz CT molecular complexity index is 897. The van der Waals surface area contributed by atoms with E-state index in [1.54, 1.807) is 19.2 Å². The molecular formula is C23H23ClFNO2. The van der Waals surface area contributed by atoms with Crippen molar-refractivity contribution in [2.45, 2.75) is 26.1 Å². The second-order valence-corrected chi connectivity index (χ2v) is 6.86. The van der Waals surface area contributed by atoms with Gasteiger partial charge in [0, 0.05) is 23.7 Å². The van der Waals surface area contributed by atoms with Crippen molar-refractivity contribution in [1.29, 1.82) is 0 Å². The lowest BCUT2D eigenvalue weighted by Crippen LogP contribution is -2.18. The Balaban J connectivity index is 1.77. The Kier molecular flexibility index (Phi) is 6.90. The van der Waals surface area contributed by atoms with Crippen LogP contribution in [0.25, 0.3) is 0 Å². The number of ether oxygens (including phenoxy) is 2. The molecule has 1 unspecified atom stereocenters. The molecule has 1 atom stereocenters. The van der Waals surface area contributed by atoms with E-state index in [0.29, 0.717) is 28.6 Å². The van der Waals surface area contributed by atoms with Crippen LogP contribution in [-0.2, 0) is 13.2 Å². The third kappa shape index (κ3) is 4.83. The van der Waals surface area contributed by atoms with E-state index in [1.807, 2.05) is 36.4 Å². The zero-order valence-corrected chi connectivity index (χ0v) is 16.7. The van der Waals surface area contributed by atoms with Gasteiger partial charge in [-0.25, -0.2) is 4.39 Å². The summed E-state index contributed by atoms with van der Waals surface area (Å²) in [5.74, 6) is 0.788. The van der Waals surface area contributed by atoms with Crippen LogP contribution in [0, 0.1) is 5.82 Å². The second kappa shape index (κ2) is 9.58. The number of benzene rings is 3. The Morgan fingerprint density at radius 2 is 1.75 bits per heavy atom. The lowest BCUT2D eigenvalue weighted by Gasteiger charge is -2.19. The zero-order valence-electron chi connectivity index (χ0n) is 15.9. The quantitative estimate of drug-likeness (QED) is 0.510. The van der Waals surface area contributed by atoms with Crippen molar-refractivity contribution in [2.24, 2.45) is 0 Å². The number of rotatable bonds is 8. The summed E-state index contributed by atoms with van der Waals surface area (Å²) in [6, 6.07) is 20.7. The molecule has 0 aliphatic carbocycles. The van der Waals surface area contributed by atoms with E-state index in [0.717, 1.165) is 5.56 Å². The van der Waals surface area contributed by atoms with E-state index in [9.17, 15) is 4.39 Å². The fraction of sp³-hybridized carbons (Fsp3) is 0.217. The van der Waals surface area contributed by atoms with Gasteiger partial charge in [0.2, 0.25) is 0 Å². The van der Waals surface area contributed by atoms with E-state index >= 15 is 0 Å². The monoisotopic (exact) mass is 399 g/mol. The molecule has 3 aromatic carbocycles. The number of halogens is 2. The van der Waals surface area contributed by atoms with E-state index in [-0.39, 0.29) is 18.5 Å². The molecule has 28 heavy (non-hydrogen) atoms. The van der Waals surface area contributed by atoms with E-state index in [1.165, 1.54) is 11.6 Å². The van der Waals surface area contributed by atoms with Gasteiger partial charge in [-0.1, -0.05) is 60.1 Å². The number of para-hydroxylation sites is 1. The first-order valence-electron chi connectivity index (χ1n) is 9.10. The molecule has 3 rings (SSSR count). The van der Waals surface area contributed by atoms with Crippen LogP contribution in [0.4, 0.5) is 4.39 Å². The highest BCUT2D eigenvalue weighted by Gasteiger charge is 2.15. The SMILES string of the molecule is COc1cccc(CNC(C)c2ccccc2)c1OCc1c(F)cccc1Cl. The third-order valence-electron chi connectivity index (χ3n) is 4.60. The maximum absolute atomic E-state index is 14.1. The molecule has 0 radical (unpaired) electrons. The summed E-state index contributed by atoms with van der Waals surface area (Å²) in [5, 5.41) is 3.83. The van der Waals surface area contributed by atoms with E-state index in [4.69, 9.17) is 21.1 Å². The lowest BCUT2D eigenvalue weighted by molar-refractivity contribution is 0.275. The molecular weight excluding hydrogens is 377 g/mol. The minimum atomic E-state index is -0.389. The number of methoxy groups -OCH3 is 1. The van der Waals surface area contributed by atoms with Crippen LogP contribution in [-0.4, -0.2) is 7.11 Å². The molecule has 146 valence electrons. The summed E-state index contributed by atoms with van der Waals surface area (Å²) >= 11 is 6.12. The smallest absolute Gasteiger partial charge is 0.166 e. The van der Waals surface area contributed by atoms with Crippen LogP contribution in [0.5, 0.6) is 11.5 Å². The van der Waals surface area contributed by atoms with Crippen LogP contribution in [0.2, 0.25) is 5.02 Å². The maximum atomic E-state index is 14.1. The fourth-order valence-corrected chi connectivity index (χ4v) is 3.18. The van der Waals surface area contributed by atoms with Gasteiger partial charge in [-0.3, -0.25) is 0 Å². The first-order chi connectivity index (χ1) is 13.6. The van der Waals surface area contributed by atoms with Crippen LogP contribution >= 0.6 is 11.6 Å². The summed E-state index contributed by atoms with van der Waals surface area (Å²) in [6.07, 6.45) is 0. The standard InChI is InChI=1S/C23H23ClFNO2/c1-16(17-8-4-3-5-9-17)26-14-18-10-6-13-22(27-2)23(18)28-15-19-20(24)11-7-12-21(19)25/h3-13,16,26H,14-15H2,1-2H3. The van der Waals surface area contributed by atoms with Crippen molar-refractivity contribution < 1.29 is 13.9 Å². The largest absolute Gasteiger partial charge is 0.493 e. The molecule has 3 nitrogen and oxygen atoms in total. The highest BCUT2D eigenvalue weighted by atomic mass is 35.5. The van der Waals surface area contributed by atoms with Gasteiger partial charge in [-0.15, -0.1) is 0 Å². The van der Waals surface area contributed by atoms with Gasteiger partial charge in [0.25, 0.3) is 0 Å². The highest BCUT2D eigenvalue weighted by Crippen LogP contribution is 2.33. The maximum Gasteiger partial charge on any atom is 0.166 e. The molecule has 0 heterocycles. The average molecular weight is 400 g/mol. The molecule has 0 bridgehead atoms. The first kappa shape index (κ1) is 20.2. The third-order valence-corrected chi connectivity index (χ3v) is 4.96. The minimum absolute atomic E-state index is 0.0210. The van der Waals surface area contributed by atoms with Gasteiger partial charge >= 0.3 is 0 Å². The van der Waals surface area contributed by atoms with Crippen LogP contribution in [0.1, 0.15) is 29.7 Å². The minimum Gasteiger partial charge on any atom is -0.493 e. The molecule has 0 aliphatic heterocycles. The molecule has 3 aromatic rings. The zero-order chi connectivity index (χ0) is 19.9. The van der Waals surface area contributed by atoms with Crippen molar-refractivity contribution in [3.8, 4) is 11.5 Å². The van der Waals surface area contributed by atoms with Gasteiger partial charge in [-0.2, -0.15) is 0 Å². The topological polar surface area (TPSA) is 30.5 Å². The Hall–Kier alpha value is -2.56. The molecule has 5 heteroatoms. The average Bonchev–Trinajstić information content (AvgIpc) is 2.72. The number of nitrogens with one attached hydrogen (secondary N) is 1. The van der Waals surface area contributed by atoms with Crippen LogP contribution < -0.4 is 14.8 Å². The normalized spacial score (nSPS) is 11.9. The van der Waals surface area contributed by atoms with E-state index < -0.39 is 0 Å². The van der Waals surface area contributed by atoms with Gasteiger partial charge in [0.1, 0.15) is 12.4 Å². The Morgan fingerprint density at radius 1 is 1.00 bits per heavy atom. The summed E-state index contributed by atoms with van der Waals surface area (Å²) in [5.41, 5.74) is 2.45. The Morgan fingerprint density at radius 3 is 2.46 bits per heavy atom. The van der Waals surface area contributed by atoms with Crippen molar-refractivity contribution in [3.05, 3.63) is 94.3 Å². The molecule has 0 aliphatic rings. The van der Waals surface area contributed by atoms with E-state index in [2.05, 4.69) is 24.4 Å². The van der Waals surface area contributed by atoms with Gasteiger partial charge in [0.15, 0.2) is 11.5 Å². The van der Waals surface area contributed by atoms with Gasteiger partial charge < -0.3 is 14.8 Å². The predicted molar refractivity (Wildman–Crippen MR) is 110 cm³/mol.